The SMILES string of the molecule is CC(C)N(CC[C@H](c1ccccc1)c1cc(CCOc2ccc(CCNC(=O)OC(C)(C)C)cc2)ccc1OCc1ccccc1)C(C)C.[HH]. The summed E-state index contributed by atoms with van der Waals surface area (Å²) in [6.45, 7) is 17.3. The van der Waals surface area contributed by atoms with Gasteiger partial charge in [-0.2, -0.15) is 0 Å². The highest BCUT2D eigenvalue weighted by atomic mass is 16.6. The molecule has 0 aliphatic carbocycles. The number of nitrogens with zero attached hydrogens (tertiary/aromatic N) is 1. The molecule has 0 aromatic heterocycles. The highest BCUT2D eigenvalue weighted by Gasteiger charge is 2.23. The van der Waals surface area contributed by atoms with Crippen molar-refractivity contribution in [3.8, 4) is 11.5 Å². The minimum Gasteiger partial charge on any atom is -0.493 e. The van der Waals surface area contributed by atoms with E-state index in [1.54, 1.807) is 0 Å². The molecule has 49 heavy (non-hydrogen) atoms. The van der Waals surface area contributed by atoms with E-state index in [1.807, 2.05) is 51.1 Å². The predicted octanol–water partition coefficient (Wildman–Crippen LogP) is 9.84. The van der Waals surface area contributed by atoms with Gasteiger partial charge in [-0.05, 0) is 108 Å². The van der Waals surface area contributed by atoms with Crippen LogP contribution in [0.4, 0.5) is 4.79 Å². The molecular formula is C43H58N2O4. The average Bonchev–Trinajstić information content (AvgIpc) is 3.06. The molecule has 1 amide bonds. The summed E-state index contributed by atoms with van der Waals surface area (Å²) < 4.78 is 18.1. The Morgan fingerprint density at radius 2 is 1.39 bits per heavy atom. The molecule has 6 nitrogen and oxygen atoms in total. The molecule has 0 fully saturated rings. The number of carbonyl (C=O) groups is 1. The molecule has 4 aromatic carbocycles. The first-order valence-corrected chi connectivity index (χ1v) is 17.8. The standard InChI is InChI=1S/C43H56N2O4.H2/c1-32(2)45(33(3)4)28-25-39(37-16-12-9-13-17-37)40-30-35(20-23-41(40)48-31-36-14-10-8-11-15-36)26-29-47-38-21-18-34(19-22-38)24-27-44-42(46)49-43(5,6)7;/h8-23,30,32-33,39H,24-29,31H2,1-7H3,(H,44,46);1H/t39-;/m1./s1. The third kappa shape index (κ3) is 12.6. The van der Waals surface area contributed by atoms with E-state index >= 15 is 0 Å². The van der Waals surface area contributed by atoms with Crippen molar-refractivity contribution in [1.29, 1.82) is 0 Å². The van der Waals surface area contributed by atoms with Crippen LogP contribution < -0.4 is 14.8 Å². The molecule has 0 bridgehead atoms. The number of amides is 1. The molecule has 0 saturated carbocycles. The van der Waals surface area contributed by atoms with E-state index in [4.69, 9.17) is 14.2 Å². The lowest BCUT2D eigenvalue weighted by atomic mass is 9.86. The van der Waals surface area contributed by atoms with Gasteiger partial charge in [-0.15, -0.1) is 0 Å². The zero-order chi connectivity index (χ0) is 35.2. The van der Waals surface area contributed by atoms with E-state index in [2.05, 4.69) is 111 Å². The lowest BCUT2D eigenvalue weighted by Crippen LogP contribution is -2.38. The maximum absolute atomic E-state index is 11.9. The largest absolute Gasteiger partial charge is 0.493 e. The molecule has 4 aromatic rings. The Hall–Kier alpha value is -4.29. The topological polar surface area (TPSA) is 60.0 Å². The average molecular weight is 667 g/mol. The Kier molecular flexibility index (Phi) is 14.1. The molecule has 0 unspecified atom stereocenters. The second kappa shape index (κ2) is 18.5. The van der Waals surface area contributed by atoms with E-state index in [0.29, 0.717) is 31.8 Å². The second-order valence-electron chi connectivity index (χ2n) is 14.2. The van der Waals surface area contributed by atoms with Crippen molar-refractivity contribution in [3.05, 3.63) is 131 Å². The van der Waals surface area contributed by atoms with Crippen molar-refractivity contribution in [2.75, 3.05) is 19.7 Å². The first-order chi connectivity index (χ1) is 23.5. The molecule has 0 spiro atoms. The number of nitrogens with one attached hydrogen (secondary N) is 1. The molecule has 0 aliphatic rings. The van der Waals surface area contributed by atoms with Gasteiger partial charge in [-0.3, -0.25) is 4.90 Å². The van der Waals surface area contributed by atoms with Crippen LogP contribution in [0.15, 0.2) is 103 Å². The van der Waals surface area contributed by atoms with Gasteiger partial charge in [0, 0.05) is 38.0 Å². The third-order valence-electron chi connectivity index (χ3n) is 8.56. The number of benzene rings is 4. The summed E-state index contributed by atoms with van der Waals surface area (Å²) in [5, 5.41) is 2.82. The van der Waals surface area contributed by atoms with Gasteiger partial charge in [0.2, 0.25) is 0 Å². The number of hydrogen-bond acceptors (Lipinski definition) is 5. The molecule has 1 N–H and O–H groups in total. The Morgan fingerprint density at radius 1 is 0.755 bits per heavy atom. The van der Waals surface area contributed by atoms with Crippen LogP contribution in [0.2, 0.25) is 0 Å². The van der Waals surface area contributed by atoms with Crippen LogP contribution in [0, 0.1) is 0 Å². The molecule has 0 heterocycles. The summed E-state index contributed by atoms with van der Waals surface area (Å²) in [6, 6.07) is 36.9. The lowest BCUT2D eigenvalue weighted by Gasteiger charge is -2.32. The van der Waals surface area contributed by atoms with Crippen LogP contribution in [0.1, 0.15) is 90.0 Å². The maximum Gasteiger partial charge on any atom is 0.407 e. The van der Waals surface area contributed by atoms with Crippen molar-refractivity contribution >= 4 is 6.09 Å². The van der Waals surface area contributed by atoms with E-state index in [-0.39, 0.29) is 7.34 Å². The Labute approximate surface area is 296 Å². The van der Waals surface area contributed by atoms with Crippen LogP contribution in [0.5, 0.6) is 11.5 Å². The van der Waals surface area contributed by atoms with E-state index in [9.17, 15) is 4.79 Å². The van der Waals surface area contributed by atoms with Crippen molar-refractivity contribution in [2.45, 2.75) is 97.9 Å². The maximum atomic E-state index is 11.9. The van der Waals surface area contributed by atoms with E-state index < -0.39 is 11.7 Å². The fraction of sp³-hybridized carbons (Fsp3) is 0.419. The Balaban J connectivity index is 0.00000676. The summed E-state index contributed by atoms with van der Waals surface area (Å²) >= 11 is 0. The van der Waals surface area contributed by atoms with Crippen LogP contribution >= 0.6 is 0 Å². The van der Waals surface area contributed by atoms with Crippen molar-refractivity contribution in [2.24, 2.45) is 0 Å². The zero-order valence-corrected chi connectivity index (χ0v) is 30.6. The number of carbonyl (C=O) groups excluding carboxylic acids is 1. The van der Waals surface area contributed by atoms with Crippen LogP contribution in [0.25, 0.3) is 0 Å². The Morgan fingerprint density at radius 3 is 2.02 bits per heavy atom. The van der Waals surface area contributed by atoms with Crippen molar-refractivity contribution in [1.82, 2.24) is 10.2 Å². The van der Waals surface area contributed by atoms with Gasteiger partial charge in [0.05, 0.1) is 6.61 Å². The van der Waals surface area contributed by atoms with Gasteiger partial charge >= 0.3 is 6.09 Å². The van der Waals surface area contributed by atoms with Gasteiger partial charge < -0.3 is 19.5 Å². The fourth-order valence-electron chi connectivity index (χ4n) is 6.13. The van der Waals surface area contributed by atoms with E-state index in [1.165, 1.54) is 16.7 Å². The van der Waals surface area contributed by atoms with Gasteiger partial charge in [0.25, 0.3) is 0 Å². The second-order valence-corrected chi connectivity index (χ2v) is 14.2. The normalized spacial score (nSPS) is 12.3. The molecule has 1 atom stereocenters. The van der Waals surface area contributed by atoms with Gasteiger partial charge in [0.15, 0.2) is 0 Å². The van der Waals surface area contributed by atoms with Gasteiger partial charge in [-0.1, -0.05) is 84.9 Å². The molecule has 0 radical (unpaired) electrons. The lowest BCUT2D eigenvalue weighted by molar-refractivity contribution is 0.0528. The first-order valence-electron chi connectivity index (χ1n) is 17.8. The summed E-state index contributed by atoms with van der Waals surface area (Å²) in [4.78, 5) is 14.5. The zero-order valence-electron chi connectivity index (χ0n) is 30.6. The summed E-state index contributed by atoms with van der Waals surface area (Å²) in [5.74, 6) is 1.95. The monoisotopic (exact) mass is 666 g/mol. The minimum atomic E-state index is -0.505. The van der Waals surface area contributed by atoms with Crippen LogP contribution in [-0.2, 0) is 24.2 Å². The quantitative estimate of drug-likeness (QED) is 0.122. The molecule has 4 rings (SSSR count). The molecule has 6 heteroatoms. The number of hydrogen-bond donors (Lipinski definition) is 1. The smallest absolute Gasteiger partial charge is 0.407 e. The Bertz CT molecular complexity index is 1550. The predicted molar refractivity (Wildman–Crippen MR) is 203 cm³/mol. The minimum absolute atomic E-state index is 0. The van der Waals surface area contributed by atoms with Crippen LogP contribution in [0.3, 0.4) is 0 Å². The summed E-state index contributed by atoms with van der Waals surface area (Å²) in [5.41, 5.74) is 5.51. The highest BCUT2D eigenvalue weighted by molar-refractivity contribution is 5.67. The van der Waals surface area contributed by atoms with Crippen LogP contribution in [-0.4, -0.2) is 48.4 Å². The third-order valence-corrected chi connectivity index (χ3v) is 8.56. The number of alkyl carbamates (subject to hydrolysis) is 1. The number of ether oxygens (including phenoxy) is 3. The van der Waals surface area contributed by atoms with Crippen molar-refractivity contribution < 1.29 is 20.4 Å². The molecule has 0 aliphatic heterocycles. The van der Waals surface area contributed by atoms with Crippen molar-refractivity contribution in [3.63, 3.8) is 0 Å². The van der Waals surface area contributed by atoms with E-state index in [0.717, 1.165) is 48.4 Å². The first kappa shape index (κ1) is 37.5. The number of rotatable bonds is 17. The summed E-state index contributed by atoms with van der Waals surface area (Å²) in [7, 11) is 0. The molecule has 0 saturated heterocycles. The fourth-order valence-corrected chi connectivity index (χ4v) is 6.13. The molecule has 264 valence electrons. The summed E-state index contributed by atoms with van der Waals surface area (Å²) in [6.07, 6.45) is 2.09. The highest BCUT2D eigenvalue weighted by Crippen LogP contribution is 2.36. The van der Waals surface area contributed by atoms with Gasteiger partial charge in [0.1, 0.15) is 23.7 Å². The van der Waals surface area contributed by atoms with Gasteiger partial charge in [-0.25, -0.2) is 4.79 Å². The molecular weight excluding hydrogens is 608 g/mol.